The molecule has 0 aliphatic rings. The zero-order chi connectivity index (χ0) is 15.0. The summed E-state index contributed by atoms with van der Waals surface area (Å²) in [6.45, 7) is 1.97. The predicted octanol–water partition coefficient (Wildman–Crippen LogP) is 3.09. The Morgan fingerprint density at radius 3 is 2.90 bits per heavy atom. The van der Waals surface area contributed by atoms with Crippen molar-refractivity contribution in [1.82, 2.24) is 14.4 Å². The van der Waals surface area contributed by atoms with E-state index in [9.17, 15) is 4.79 Å². The minimum Gasteiger partial charge on any atom is -0.481 e. The predicted molar refractivity (Wildman–Crippen MR) is 82.2 cm³/mol. The highest BCUT2D eigenvalue weighted by Gasteiger charge is 2.18. The summed E-state index contributed by atoms with van der Waals surface area (Å²) in [6.07, 6.45) is 3.41. The van der Waals surface area contributed by atoms with E-state index in [2.05, 4.69) is 25.9 Å². The first-order valence-electron chi connectivity index (χ1n) is 6.36. The largest absolute Gasteiger partial charge is 0.481 e. The van der Waals surface area contributed by atoms with Gasteiger partial charge in [0.2, 0.25) is 0 Å². The summed E-state index contributed by atoms with van der Waals surface area (Å²) in [6, 6.07) is 7.42. The quantitative estimate of drug-likeness (QED) is 0.791. The van der Waals surface area contributed by atoms with E-state index in [1.807, 2.05) is 37.4 Å². The molecule has 0 amide bonds. The molecule has 1 N–H and O–H groups in total. The second kappa shape index (κ2) is 5.29. The highest BCUT2D eigenvalue weighted by Crippen LogP contribution is 2.26. The molecule has 0 atom stereocenters. The Morgan fingerprint density at radius 1 is 1.43 bits per heavy atom. The molecule has 0 aliphatic heterocycles. The van der Waals surface area contributed by atoms with Gasteiger partial charge in [0.05, 0.1) is 17.8 Å². The van der Waals surface area contributed by atoms with E-state index in [1.165, 1.54) is 0 Å². The van der Waals surface area contributed by atoms with Crippen LogP contribution in [-0.4, -0.2) is 25.4 Å². The molecule has 3 aromatic heterocycles. The van der Waals surface area contributed by atoms with E-state index >= 15 is 0 Å². The topological polar surface area (TPSA) is 67.5 Å². The number of halogens is 1. The van der Waals surface area contributed by atoms with E-state index in [-0.39, 0.29) is 6.42 Å². The summed E-state index contributed by atoms with van der Waals surface area (Å²) >= 11 is 3.47. The van der Waals surface area contributed by atoms with Gasteiger partial charge in [0.25, 0.3) is 0 Å². The van der Waals surface area contributed by atoms with Crippen LogP contribution in [0.1, 0.15) is 11.3 Å². The van der Waals surface area contributed by atoms with Gasteiger partial charge in [-0.2, -0.15) is 0 Å². The summed E-state index contributed by atoms with van der Waals surface area (Å²) in [4.78, 5) is 20.0. The summed E-state index contributed by atoms with van der Waals surface area (Å²) in [7, 11) is 0. The van der Waals surface area contributed by atoms with Gasteiger partial charge in [0, 0.05) is 16.9 Å². The van der Waals surface area contributed by atoms with Gasteiger partial charge >= 0.3 is 5.97 Å². The van der Waals surface area contributed by atoms with Gasteiger partial charge in [-0.3, -0.25) is 9.78 Å². The third-order valence-electron chi connectivity index (χ3n) is 3.23. The van der Waals surface area contributed by atoms with Gasteiger partial charge < -0.3 is 9.51 Å². The van der Waals surface area contributed by atoms with Crippen LogP contribution >= 0.6 is 15.9 Å². The molecule has 106 valence electrons. The maximum absolute atomic E-state index is 11.2. The average molecular weight is 346 g/mol. The smallest absolute Gasteiger partial charge is 0.309 e. The lowest BCUT2D eigenvalue weighted by atomic mass is 10.2. The van der Waals surface area contributed by atoms with Crippen molar-refractivity contribution >= 4 is 27.5 Å². The number of carboxylic acid groups (broad SMARTS) is 1. The highest BCUT2D eigenvalue weighted by atomic mass is 79.9. The molecule has 5 nitrogen and oxygen atoms in total. The van der Waals surface area contributed by atoms with E-state index in [0.717, 1.165) is 10.0 Å². The Labute approximate surface area is 129 Å². The summed E-state index contributed by atoms with van der Waals surface area (Å²) in [5.41, 5.74) is 3.66. The number of aryl methyl sites for hydroxylation is 1. The second-order valence-corrected chi connectivity index (χ2v) is 5.58. The van der Waals surface area contributed by atoms with E-state index in [1.54, 1.807) is 10.6 Å². The molecule has 3 heterocycles. The Kier molecular flexibility index (Phi) is 3.47. The van der Waals surface area contributed by atoms with Crippen molar-refractivity contribution in [1.29, 1.82) is 0 Å². The number of pyridine rings is 2. The molecule has 3 aromatic rings. The molecule has 0 aromatic carbocycles. The molecule has 0 aliphatic carbocycles. The van der Waals surface area contributed by atoms with Crippen molar-refractivity contribution in [2.45, 2.75) is 13.3 Å². The standard InChI is InChI=1S/C15H12BrN3O2/c1-9-6-13-18-15(11-4-2-3-5-17-11)12(7-14(20)21)19(13)8-10(9)16/h2-6,8H,7H2,1H3,(H,20,21). The number of aliphatic carboxylic acids is 1. The maximum Gasteiger partial charge on any atom is 0.309 e. The summed E-state index contributed by atoms with van der Waals surface area (Å²) in [5, 5.41) is 9.17. The van der Waals surface area contributed by atoms with E-state index < -0.39 is 5.97 Å². The van der Waals surface area contributed by atoms with Crippen LogP contribution < -0.4 is 0 Å². The summed E-state index contributed by atoms with van der Waals surface area (Å²) in [5.74, 6) is -0.898. The normalized spacial score (nSPS) is 11.0. The van der Waals surface area contributed by atoms with Gasteiger partial charge in [-0.15, -0.1) is 0 Å². The molecular weight excluding hydrogens is 334 g/mol. The fourth-order valence-corrected chi connectivity index (χ4v) is 2.55. The molecule has 0 fully saturated rings. The zero-order valence-corrected chi connectivity index (χ0v) is 12.8. The lowest BCUT2D eigenvalue weighted by Gasteiger charge is -2.04. The van der Waals surface area contributed by atoms with Crippen LogP contribution in [0.2, 0.25) is 0 Å². The molecule has 6 heteroatoms. The van der Waals surface area contributed by atoms with Crippen molar-refractivity contribution in [2.75, 3.05) is 0 Å². The van der Waals surface area contributed by atoms with Gasteiger partial charge in [-0.25, -0.2) is 4.98 Å². The Bertz CT molecular complexity index is 828. The molecule has 0 saturated carbocycles. The third-order valence-corrected chi connectivity index (χ3v) is 4.06. The zero-order valence-electron chi connectivity index (χ0n) is 11.2. The number of carboxylic acids is 1. The van der Waals surface area contributed by atoms with Crippen molar-refractivity contribution < 1.29 is 9.90 Å². The lowest BCUT2D eigenvalue weighted by Crippen LogP contribution is -2.05. The van der Waals surface area contributed by atoms with Crippen LogP contribution in [0.25, 0.3) is 17.0 Å². The number of carbonyl (C=O) groups is 1. The van der Waals surface area contributed by atoms with E-state index in [0.29, 0.717) is 22.7 Å². The van der Waals surface area contributed by atoms with Crippen LogP contribution in [0.5, 0.6) is 0 Å². The first-order chi connectivity index (χ1) is 10.1. The van der Waals surface area contributed by atoms with Gasteiger partial charge in [-0.05, 0) is 46.6 Å². The monoisotopic (exact) mass is 345 g/mol. The Balaban J connectivity index is 2.30. The van der Waals surface area contributed by atoms with Crippen molar-refractivity contribution in [3.63, 3.8) is 0 Å². The van der Waals surface area contributed by atoms with Gasteiger partial charge in [-0.1, -0.05) is 6.07 Å². The molecule has 21 heavy (non-hydrogen) atoms. The van der Waals surface area contributed by atoms with Crippen LogP contribution in [0.3, 0.4) is 0 Å². The number of hydrogen-bond donors (Lipinski definition) is 1. The Morgan fingerprint density at radius 2 is 2.24 bits per heavy atom. The number of hydrogen-bond acceptors (Lipinski definition) is 3. The van der Waals surface area contributed by atoms with Crippen LogP contribution in [0, 0.1) is 6.92 Å². The second-order valence-electron chi connectivity index (χ2n) is 4.73. The minimum absolute atomic E-state index is 0.109. The van der Waals surface area contributed by atoms with Crippen LogP contribution in [0.15, 0.2) is 41.1 Å². The molecular formula is C15H12BrN3O2. The van der Waals surface area contributed by atoms with Crippen molar-refractivity contribution in [3.8, 4) is 11.4 Å². The van der Waals surface area contributed by atoms with Gasteiger partial charge in [0.1, 0.15) is 11.3 Å². The van der Waals surface area contributed by atoms with Crippen molar-refractivity contribution in [2.24, 2.45) is 0 Å². The van der Waals surface area contributed by atoms with Crippen molar-refractivity contribution in [3.05, 3.63) is 52.4 Å². The third kappa shape index (κ3) is 2.54. The SMILES string of the molecule is Cc1cc2nc(-c3ccccn3)c(CC(=O)O)n2cc1Br. The van der Waals surface area contributed by atoms with Crippen LogP contribution in [-0.2, 0) is 11.2 Å². The molecule has 0 radical (unpaired) electrons. The molecule has 0 spiro atoms. The van der Waals surface area contributed by atoms with Crippen LogP contribution in [0.4, 0.5) is 0 Å². The highest BCUT2D eigenvalue weighted by molar-refractivity contribution is 9.10. The number of aromatic nitrogens is 3. The van der Waals surface area contributed by atoms with E-state index in [4.69, 9.17) is 5.11 Å². The molecule has 0 saturated heterocycles. The average Bonchev–Trinajstić information content (AvgIpc) is 2.78. The first-order valence-corrected chi connectivity index (χ1v) is 7.16. The fourth-order valence-electron chi connectivity index (χ4n) is 2.23. The number of fused-ring (bicyclic) bond motifs is 1. The maximum atomic E-state index is 11.2. The van der Waals surface area contributed by atoms with Gasteiger partial charge in [0.15, 0.2) is 0 Å². The lowest BCUT2D eigenvalue weighted by molar-refractivity contribution is -0.136. The molecule has 0 unspecified atom stereocenters. The summed E-state index contributed by atoms with van der Waals surface area (Å²) < 4.78 is 2.71. The minimum atomic E-state index is -0.898. The Hall–Kier alpha value is -2.21. The molecule has 0 bridgehead atoms. The number of nitrogens with zero attached hydrogens (tertiary/aromatic N) is 3. The molecule has 3 rings (SSSR count). The number of rotatable bonds is 3. The number of imidazole rings is 1. The first kappa shape index (κ1) is 13.8. The fraction of sp³-hybridized carbons (Fsp3) is 0.133.